The molecule has 0 spiro atoms. The number of amides is 2. The van der Waals surface area contributed by atoms with Crippen LogP contribution in [-0.2, 0) is 22.4 Å². The monoisotopic (exact) mass is 606 g/mol. The number of nitrogens with zero attached hydrogens (tertiary/aromatic N) is 1. The molecule has 0 heterocycles. The molecule has 2 aromatic carbocycles. The molecule has 3 rings (SSSR count). The van der Waals surface area contributed by atoms with Gasteiger partial charge in [0.1, 0.15) is 5.41 Å². The van der Waals surface area contributed by atoms with Crippen molar-refractivity contribution in [1.82, 2.24) is 4.90 Å². The van der Waals surface area contributed by atoms with E-state index >= 15 is 4.79 Å². The molecular formula is C38H58N2O4. The highest BCUT2D eigenvalue weighted by molar-refractivity contribution is 6.04. The van der Waals surface area contributed by atoms with Gasteiger partial charge in [0.2, 0.25) is 11.8 Å². The van der Waals surface area contributed by atoms with E-state index in [2.05, 4.69) is 27.7 Å². The van der Waals surface area contributed by atoms with Crippen LogP contribution in [0.2, 0.25) is 0 Å². The number of carbonyl (C=O) groups excluding carboxylic acids is 2. The van der Waals surface area contributed by atoms with Crippen LogP contribution in [0.25, 0.3) is 0 Å². The molecule has 0 saturated heterocycles. The summed E-state index contributed by atoms with van der Waals surface area (Å²) in [4.78, 5) is 30.7. The first-order valence-electron chi connectivity index (χ1n) is 17.3. The van der Waals surface area contributed by atoms with Crippen molar-refractivity contribution in [2.45, 2.75) is 147 Å². The summed E-state index contributed by atoms with van der Waals surface area (Å²) in [5.41, 5.74) is 4.39. The summed E-state index contributed by atoms with van der Waals surface area (Å²) >= 11 is 0. The van der Waals surface area contributed by atoms with Gasteiger partial charge in [-0.3, -0.25) is 9.59 Å². The number of primary amides is 1. The molecule has 0 aromatic heterocycles. The number of rotatable bonds is 18. The first kappa shape index (κ1) is 35.8. The first-order chi connectivity index (χ1) is 21.1. The highest BCUT2D eigenvalue weighted by atomic mass is 16.3. The van der Waals surface area contributed by atoms with E-state index < -0.39 is 34.6 Å². The third-order valence-corrected chi connectivity index (χ3v) is 10.0. The van der Waals surface area contributed by atoms with Crippen molar-refractivity contribution < 1.29 is 19.8 Å². The summed E-state index contributed by atoms with van der Waals surface area (Å²) in [6.45, 7) is 8.24. The molecule has 1 fully saturated rings. The summed E-state index contributed by atoms with van der Waals surface area (Å²) in [6.07, 6.45) is 9.04. The maximum Gasteiger partial charge on any atom is 0.238 e. The van der Waals surface area contributed by atoms with Gasteiger partial charge in [-0.25, -0.2) is 0 Å². The molecule has 6 nitrogen and oxygen atoms in total. The van der Waals surface area contributed by atoms with E-state index in [1.165, 1.54) is 0 Å². The van der Waals surface area contributed by atoms with Crippen LogP contribution in [0, 0.1) is 5.41 Å². The van der Waals surface area contributed by atoms with Gasteiger partial charge in [-0.15, -0.1) is 0 Å². The number of carbonyl (C=O) groups is 2. The third-order valence-electron chi connectivity index (χ3n) is 10.0. The van der Waals surface area contributed by atoms with Crippen LogP contribution in [0.4, 0.5) is 0 Å². The van der Waals surface area contributed by atoms with E-state index in [1.807, 2.05) is 65.6 Å². The minimum atomic E-state index is -1.36. The Morgan fingerprint density at radius 2 is 1.07 bits per heavy atom. The summed E-state index contributed by atoms with van der Waals surface area (Å²) in [7, 11) is 0. The second-order valence-electron chi connectivity index (χ2n) is 13.3. The predicted octanol–water partition coefficient (Wildman–Crippen LogP) is 7.14. The summed E-state index contributed by atoms with van der Waals surface area (Å²) < 4.78 is 0. The fourth-order valence-electron chi connectivity index (χ4n) is 7.89. The molecule has 44 heavy (non-hydrogen) atoms. The Balaban J connectivity index is 2.39. The lowest BCUT2D eigenvalue weighted by Crippen LogP contribution is -2.68. The molecule has 2 atom stereocenters. The Morgan fingerprint density at radius 3 is 1.39 bits per heavy atom. The Bertz CT molecular complexity index is 1070. The second-order valence-corrected chi connectivity index (χ2v) is 13.3. The first-order valence-corrected chi connectivity index (χ1v) is 17.3. The Morgan fingerprint density at radius 1 is 0.705 bits per heavy atom. The molecule has 2 amide bonds. The fraction of sp³-hybridized carbons (Fsp3) is 0.632. The number of hydrogen-bond donors (Lipinski definition) is 3. The van der Waals surface area contributed by atoms with Crippen molar-refractivity contribution in [1.29, 1.82) is 0 Å². The van der Waals surface area contributed by atoms with Gasteiger partial charge in [0.15, 0.2) is 0 Å². The van der Waals surface area contributed by atoms with Crippen molar-refractivity contribution in [2.24, 2.45) is 11.1 Å². The van der Waals surface area contributed by atoms with Crippen molar-refractivity contribution in [3.63, 3.8) is 0 Å². The van der Waals surface area contributed by atoms with E-state index in [4.69, 9.17) is 5.73 Å². The zero-order valence-corrected chi connectivity index (χ0v) is 27.8. The van der Waals surface area contributed by atoms with Gasteiger partial charge in [-0.2, -0.15) is 0 Å². The van der Waals surface area contributed by atoms with Gasteiger partial charge in [0, 0.05) is 0 Å². The molecule has 0 radical (unpaired) electrons. The minimum absolute atomic E-state index is 0.317. The highest BCUT2D eigenvalue weighted by Gasteiger charge is 2.55. The summed E-state index contributed by atoms with van der Waals surface area (Å²) in [5, 5.41) is 25.4. The zero-order valence-electron chi connectivity index (χ0n) is 27.8. The number of hydrogen-bond acceptors (Lipinski definition) is 4. The average Bonchev–Trinajstić information content (AvgIpc) is 3.02. The normalized spacial score (nSPS) is 16.7. The van der Waals surface area contributed by atoms with Gasteiger partial charge >= 0.3 is 0 Å². The maximum atomic E-state index is 15.4. The van der Waals surface area contributed by atoms with Gasteiger partial charge in [0.05, 0.1) is 23.3 Å². The van der Waals surface area contributed by atoms with Crippen molar-refractivity contribution in [3.05, 3.63) is 71.8 Å². The van der Waals surface area contributed by atoms with E-state index in [-0.39, 0.29) is 5.91 Å². The van der Waals surface area contributed by atoms with Gasteiger partial charge in [-0.05, 0) is 62.5 Å². The van der Waals surface area contributed by atoms with Crippen LogP contribution in [0.3, 0.4) is 0 Å². The lowest BCUT2D eigenvalue weighted by atomic mass is 9.69. The molecule has 244 valence electrons. The second kappa shape index (κ2) is 16.6. The van der Waals surface area contributed by atoms with Crippen LogP contribution >= 0.6 is 0 Å². The van der Waals surface area contributed by atoms with Crippen LogP contribution in [-0.4, -0.2) is 50.2 Å². The predicted molar refractivity (Wildman–Crippen MR) is 179 cm³/mol. The third kappa shape index (κ3) is 8.31. The number of benzene rings is 2. The van der Waals surface area contributed by atoms with Crippen LogP contribution in [0.5, 0.6) is 0 Å². The molecule has 6 heteroatoms. The van der Waals surface area contributed by atoms with Crippen molar-refractivity contribution in [3.8, 4) is 0 Å². The molecule has 4 N–H and O–H groups in total. The molecule has 0 aliphatic heterocycles. The Hall–Kier alpha value is -2.70. The number of aliphatic hydroxyl groups is 2. The molecule has 1 saturated carbocycles. The lowest BCUT2D eigenvalue weighted by molar-refractivity contribution is -0.175. The molecule has 1 aliphatic rings. The Kier molecular flexibility index (Phi) is 13.5. The summed E-state index contributed by atoms with van der Waals surface area (Å²) in [6, 6.07) is 18.7. The van der Waals surface area contributed by atoms with Crippen molar-refractivity contribution in [2.75, 3.05) is 0 Å². The standard InChI is InChI=1S/C38H58N2O4/c1-5-22-37(43,23-6-2)32(28-30-18-12-9-13-19-30)40(35(42)36(34(39)41)26-16-11-17-27-36)33(29-31-20-14-10-15-21-31)38(44,24-7-3)25-8-4/h9-10,12-15,18-21,32-33,43-44H,5-8,11,16-17,22-29H2,1-4H3,(H2,39,41). The maximum absolute atomic E-state index is 15.4. The quantitative estimate of drug-likeness (QED) is 0.157. The molecule has 2 unspecified atom stereocenters. The Labute approximate surface area is 266 Å². The molecule has 2 aromatic rings. The van der Waals surface area contributed by atoms with Crippen LogP contribution in [0.15, 0.2) is 60.7 Å². The SMILES string of the molecule is CCCC(O)(CCC)C(Cc1ccccc1)N(C(=O)C1(C(N)=O)CCCCC1)C(Cc1ccccc1)C(O)(CCC)CCC. The van der Waals surface area contributed by atoms with Crippen LogP contribution in [0.1, 0.15) is 122 Å². The topological polar surface area (TPSA) is 104 Å². The highest BCUT2D eigenvalue weighted by Crippen LogP contribution is 2.44. The van der Waals surface area contributed by atoms with Gasteiger partial charge in [-0.1, -0.05) is 133 Å². The zero-order chi connectivity index (χ0) is 32.2. The van der Waals surface area contributed by atoms with E-state index in [0.29, 0.717) is 51.4 Å². The fourth-order valence-corrected chi connectivity index (χ4v) is 7.89. The van der Waals surface area contributed by atoms with E-state index in [1.54, 1.807) is 0 Å². The van der Waals surface area contributed by atoms with Gasteiger partial charge < -0.3 is 20.8 Å². The van der Waals surface area contributed by atoms with E-state index in [9.17, 15) is 15.0 Å². The smallest absolute Gasteiger partial charge is 0.238 e. The summed E-state index contributed by atoms with van der Waals surface area (Å²) in [5.74, 6) is -0.906. The van der Waals surface area contributed by atoms with Crippen molar-refractivity contribution >= 4 is 11.8 Å². The minimum Gasteiger partial charge on any atom is -0.388 e. The largest absolute Gasteiger partial charge is 0.388 e. The lowest BCUT2D eigenvalue weighted by Gasteiger charge is -2.53. The van der Waals surface area contributed by atoms with E-state index in [0.717, 1.165) is 56.1 Å². The average molecular weight is 607 g/mol. The van der Waals surface area contributed by atoms with Gasteiger partial charge in [0.25, 0.3) is 0 Å². The number of nitrogens with two attached hydrogens (primary N) is 1. The molecule has 1 aliphatic carbocycles. The molecule has 0 bridgehead atoms. The molecular weight excluding hydrogens is 548 g/mol. The van der Waals surface area contributed by atoms with Crippen LogP contribution < -0.4 is 5.73 Å².